The second-order valence-corrected chi connectivity index (χ2v) is 7.31. The minimum absolute atomic E-state index is 0.138. The number of carbonyl (C=O) groups excluding carboxylic acids is 2. The maximum atomic E-state index is 12.2. The molecule has 0 spiro atoms. The zero-order valence-corrected chi connectivity index (χ0v) is 18.1. The van der Waals surface area contributed by atoms with Gasteiger partial charge in [-0.1, -0.05) is 27.7 Å². The molecule has 0 N–H and O–H groups in total. The molecule has 0 radical (unpaired) electrons. The first-order valence-corrected chi connectivity index (χ1v) is 10.1. The molecule has 0 aliphatic heterocycles. The lowest BCUT2D eigenvalue weighted by atomic mass is 9.78. The molecule has 2 atom stereocenters. The predicted molar refractivity (Wildman–Crippen MR) is 105 cm³/mol. The SMILES string of the molecule is CCN(CC)C(=O)OCC(C(C)C)C(COC(=O)N(CC)CC)C(C)C. The van der Waals surface area contributed by atoms with Crippen molar-refractivity contribution in [3.8, 4) is 0 Å². The number of carbonyl (C=O) groups is 2. The van der Waals surface area contributed by atoms with Crippen LogP contribution in [0.15, 0.2) is 0 Å². The van der Waals surface area contributed by atoms with Crippen LogP contribution in [0.2, 0.25) is 0 Å². The van der Waals surface area contributed by atoms with E-state index in [1.165, 1.54) is 0 Å². The van der Waals surface area contributed by atoms with E-state index in [1.54, 1.807) is 9.80 Å². The van der Waals surface area contributed by atoms with Gasteiger partial charge in [0.15, 0.2) is 0 Å². The van der Waals surface area contributed by atoms with Crippen LogP contribution < -0.4 is 0 Å². The van der Waals surface area contributed by atoms with Gasteiger partial charge < -0.3 is 19.3 Å². The van der Waals surface area contributed by atoms with Crippen LogP contribution in [0.25, 0.3) is 0 Å². The number of hydrogen-bond acceptors (Lipinski definition) is 4. The maximum absolute atomic E-state index is 12.2. The van der Waals surface area contributed by atoms with E-state index in [-0.39, 0.29) is 24.0 Å². The lowest BCUT2D eigenvalue weighted by Crippen LogP contribution is -2.38. The summed E-state index contributed by atoms with van der Waals surface area (Å²) in [7, 11) is 0. The third-order valence-electron chi connectivity index (χ3n) is 5.10. The highest BCUT2D eigenvalue weighted by Gasteiger charge is 2.30. The second kappa shape index (κ2) is 12.8. The van der Waals surface area contributed by atoms with Gasteiger partial charge in [-0.25, -0.2) is 9.59 Å². The van der Waals surface area contributed by atoms with Gasteiger partial charge in [-0.3, -0.25) is 0 Å². The highest BCUT2D eigenvalue weighted by atomic mass is 16.6. The number of rotatable bonds is 11. The zero-order valence-electron chi connectivity index (χ0n) is 18.1. The van der Waals surface area contributed by atoms with Gasteiger partial charge in [0.1, 0.15) is 0 Å². The summed E-state index contributed by atoms with van der Waals surface area (Å²) in [6, 6.07) is 0. The summed E-state index contributed by atoms with van der Waals surface area (Å²) in [5.41, 5.74) is 0. The third-order valence-corrected chi connectivity index (χ3v) is 5.10. The van der Waals surface area contributed by atoms with E-state index in [2.05, 4.69) is 27.7 Å². The zero-order chi connectivity index (χ0) is 20.3. The Morgan fingerprint density at radius 3 is 1.12 bits per heavy atom. The lowest BCUT2D eigenvalue weighted by molar-refractivity contribution is 0.0204. The third kappa shape index (κ3) is 7.83. The highest BCUT2D eigenvalue weighted by molar-refractivity contribution is 5.67. The van der Waals surface area contributed by atoms with Crippen molar-refractivity contribution in [2.45, 2.75) is 55.4 Å². The smallest absolute Gasteiger partial charge is 0.409 e. The van der Waals surface area contributed by atoms with Gasteiger partial charge in [0.2, 0.25) is 0 Å². The fraction of sp³-hybridized carbons (Fsp3) is 0.900. The van der Waals surface area contributed by atoms with Crippen LogP contribution in [-0.4, -0.2) is 61.4 Å². The summed E-state index contributed by atoms with van der Waals surface area (Å²) in [6.45, 7) is 19.5. The minimum atomic E-state index is -0.275. The van der Waals surface area contributed by atoms with Crippen LogP contribution in [0.5, 0.6) is 0 Å². The minimum Gasteiger partial charge on any atom is -0.449 e. The van der Waals surface area contributed by atoms with Gasteiger partial charge in [-0.15, -0.1) is 0 Å². The van der Waals surface area contributed by atoms with Crippen molar-refractivity contribution in [1.82, 2.24) is 9.80 Å². The van der Waals surface area contributed by atoms with Crippen molar-refractivity contribution >= 4 is 12.2 Å². The Bertz CT molecular complexity index is 367. The molecule has 0 aliphatic rings. The molecule has 26 heavy (non-hydrogen) atoms. The Morgan fingerprint density at radius 2 is 0.923 bits per heavy atom. The molecular weight excluding hydrogens is 332 g/mol. The first-order chi connectivity index (χ1) is 12.2. The molecule has 6 nitrogen and oxygen atoms in total. The molecule has 0 bridgehead atoms. The van der Waals surface area contributed by atoms with Crippen molar-refractivity contribution in [2.24, 2.45) is 23.7 Å². The molecule has 2 amide bonds. The molecule has 6 heteroatoms. The molecule has 154 valence electrons. The van der Waals surface area contributed by atoms with E-state index < -0.39 is 0 Å². The molecule has 0 aliphatic carbocycles. The Kier molecular flexibility index (Phi) is 12.1. The van der Waals surface area contributed by atoms with Gasteiger partial charge in [-0.05, 0) is 39.5 Å². The largest absolute Gasteiger partial charge is 0.449 e. The first kappa shape index (κ1) is 24.5. The van der Waals surface area contributed by atoms with Gasteiger partial charge in [0, 0.05) is 38.0 Å². The van der Waals surface area contributed by atoms with Crippen molar-refractivity contribution in [3.63, 3.8) is 0 Å². The Labute approximate surface area is 160 Å². The van der Waals surface area contributed by atoms with Gasteiger partial charge >= 0.3 is 12.2 Å². The number of nitrogens with zero attached hydrogens (tertiary/aromatic N) is 2. The molecule has 0 aromatic rings. The van der Waals surface area contributed by atoms with Gasteiger partial charge in [-0.2, -0.15) is 0 Å². The molecule has 0 saturated carbocycles. The molecule has 0 aromatic carbocycles. The molecule has 2 unspecified atom stereocenters. The van der Waals surface area contributed by atoms with E-state index >= 15 is 0 Å². The van der Waals surface area contributed by atoms with Gasteiger partial charge in [0.25, 0.3) is 0 Å². The Morgan fingerprint density at radius 1 is 0.654 bits per heavy atom. The van der Waals surface area contributed by atoms with E-state index in [1.807, 2.05) is 27.7 Å². The van der Waals surface area contributed by atoms with Crippen molar-refractivity contribution in [3.05, 3.63) is 0 Å². The van der Waals surface area contributed by atoms with Crippen LogP contribution in [0, 0.1) is 23.7 Å². The molecule has 0 saturated heterocycles. The Balaban J connectivity index is 4.95. The summed E-state index contributed by atoms with van der Waals surface area (Å²) in [5, 5.41) is 0. The van der Waals surface area contributed by atoms with Crippen LogP contribution >= 0.6 is 0 Å². The van der Waals surface area contributed by atoms with Crippen molar-refractivity contribution < 1.29 is 19.1 Å². The number of hydrogen-bond donors (Lipinski definition) is 0. The number of ether oxygens (including phenoxy) is 2. The summed E-state index contributed by atoms with van der Waals surface area (Å²) in [4.78, 5) is 27.7. The predicted octanol–water partition coefficient (Wildman–Crippen LogP) is 4.49. The molecule has 0 heterocycles. The lowest BCUT2D eigenvalue weighted by Gasteiger charge is -2.33. The molecule has 0 aromatic heterocycles. The summed E-state index contributed by atoms with van der Waals surface area (Å²) >= 11 is 0. The molecule has 0 fully saturated rings. The standard InChI is InChI=1S/C20H40N2O4/c1-9-21(10-2)19(23)25-13-17(15(5)6)18(16(7)8)14-26-20(24)22(11-3)12-4/h15-18H,9-14H2,1-8H3. The molecular formula is C20H40N2O4. The Hall–Kier alpha value is -1.46. The summed E-state index contributed by atoms with van der Waals surface area (Å²) in [5.74, 6) is 0.913. The van der Waals surface area contributed by atoms with Crippen LogP contribution in [0.1, 0.15) is 55.4 Å². The van der Waals surface area contributed by atoms with E-state index in [4.69, 9.17) is 9.47 Å². The monoisotopic (exact) mass is 372 g/mol. The quantitative estimate of drug-likeness (QED) is 0.536. The fourth-order valence-corrected chi connectivity index (χ4v) is 3.10. The normalized spacial score (nSPS) is 13.5. The first-order valence-electron chi connectivity index (χ1n) is 10.1. The fourth-order valence-electron chi connectivity index (χ4n) is 3.10. The maximum Gasteiger partial charge on any atom is 0.409 e. The summed E-state index contributed by atoms with van der Waals surface area (Å²) < 4.78 is 11.1. The average molecular weight is 373 g/mol. The van der Waals surface area contributed by atoms with E-state index in [9.17, 15) is 9.59 Å². The average Bonchev–Trinajstić information content (AvgIpc) is 2.59. The van der Waals surface area contributed by atoms with Crippen LogP contribution in [0.3, 0.4) is 0 Å². The van der Waals surface area contributed by atoms with Crippen molar-refractivity contribution in [1.29, 1.82) is 0 Å². The van der Waals surface area contributed by atoms with E-state index in [0.29, 0.717) is 51.2 Å². The van der Waals surface area contributed by atoms with Crippen LogP contribution in [-0.2, 0) is 9.47 Å². The highest BCUT2D eigenvalue weighted by Crippen LogP contribution is 2.28. The van der Waals surface area contributed by atoms with Gasteiger partial charge in [0.05, 0.1) is 13.2 Å². The van der Waals surface area contributed by atoms with Crippen LogP contribution in [0.4, 0.5) is 9.59 Å². The van der Waals surface area contributed by atoms with E-state index in [0.717, 1.165) is 0 Å². The number of amides is 2. The van der Waals surface area contributed by atoms with Crippen molar-refractivity contribution in [2.75, 3.05) is 39.4 Å². The second-order valence-electron chi connectivity index (χ2n) is 7.31. The summed E-state index contributed by atoms with van der Waals surface area (Å²) in [6.07, 6.45) is -0.549. The topological polar surface area (TPSA) is 59.1 Å². The molecule has 0 rings (SSSR count).